The zero-order chi connectivity index (χ0) is 13.2. The van der Waals surface area contributed by atoms with Gasteiger partial charge in [-0.15, -0.1) is 0 Å². The lowest BCUT2D eigenvalue weighted by atomic mass is 10.1. The second-order valence-corrected chi connectivity index (χ2v) is 4.63. The minimum Gasteiger partial charge on any atom is -0.478 e. The highest BCUT2D eigenvalue weighted by atomic mass is 16.4. The molecule has 0 radical (unpaired) electrons. The number of para-hydroxylation sites is 1. The summed E-state index contributed by atoms with van der Waals surface area (Å²) in [6.45, 7) is 0. The summed E-state index contributed by atoms with van der Waals surface area (Å²) in [7, 11) is 0. The van der Waals surface area contributed by atoms with Crippen LogP contribution in [0.3, 0.4) is 0 Å². The average molecular weight is 254 g/mol. The number of pyridine rings is 1. The molecule has 0 saturated heterocycles. The molecule has 2 N–H and O–H groups in total. The van der Waals surface area contributed by atoms with Crippen molar-refractivity contribution in [2.75, 3.05) is 5.32 Å². The van der Waals surface area contributed by atoms with Gasteiger partial charge < -0.3 is 10.4 Å². The third-order valence-electron chi connectivity index (χ3n) is 3.45. The average Bonchev–Trinajstić information content (AvgIpc) is 2.83. The van der Waals surface area contributed by atoms with E-state index in [9.17, 15) is 9.90 Å². The van der Waals surface area contributed by atoms with Crippen LogP contribution in [0.1, 0.15) is 34.1 Å². The first-order valence-electron chi connectivity index (χ1n) is 6.28. The van der Waals surface area contributed by atoms with Crippen molar-refractivity contribution in [3.8, 4) is 0 Å². The van der Waals surface area contributed by atoms with Crippen molar-refractivity contribution in [1.82, 2.24) is 4.98 Å². The van der Waals surface area contributed by atoms with Crippen LogP contribution in [-0.4, -0.2) is 16.1 Å². The summed E-state index contributed by atoms with van der Waals surface area (Å²) in [4.78, 5) is 15.6. The number of nitrogens with zero attached hydrogens (tertiary/aromatic N) is 1. The van der Waals surface area contributed by atoms with E-state index in [0.29, 0.717) is 11.3 Å². The Balaban J connectivity index is 1.90. The number of carbonyl (C=O) groups is 1. The molecule has 0 bridgehead atoms. The van der Waals surface area contributed by atoms with Crippen LogP contribution < -0.4 is 5.32 Å². The number of aryl methyl sites for hydroxylation is 1. The van der Waals surface area contributed by atoms with Crippen molar-refractivity contribution in [3.05, 3.63) is 59.4 Å². The Morgan fingerprint density at radius 1 is 1.26 bits per heavy atom. The molecule has 1 heterocycles. The molecule has 3 rings (SSSR count). The summed E-state index contributed by atoms with van der Waals surface area (Å²) in [5.74, 6) is -0.914. The molecule has 4 nitrogen and oxygen atoms in total. The normalized spacial score (nSPS) is 16.9. The Kier molecular flexibility index (Phi) is 2.91. The number of carboxylic acid groups (broad SMARTS) is 1. The minimum atomic E-state index is -0.914. The molecule has 0 amide bonds. The maximum atomic E-state index is 11.2. The summed E-state index contributed by atoms with van der Waals surface area (Å²) in [5.41, 5.74) is 3.22. The predicted molar refractivity (Wildman–Crippen MR) is 72.3 cm³/mol. The second kappa shape index (κ2) is 4.72. The first kappa shape index (κ1) is 11.7. The Bertz CT molecular complexity index is 625. The number of aromatic nitrogens is 1. The van der Waals surface area contributed by atoms with Gasteiger partial charge >= 0.3 is 5.97 Å². The van der Waals surface area contributed by atoms with Crippen LogP contribution >= 0.6 is 0 Å². The first-order valence-corrected chi connectivity index (χ1v) is 6.28. The lowest BCUT2D eigenvalue weighted by molar-refractivity contribution is 0.0698. The fraction of sp³-hybridized carbons (Fsp3) is 0.200. The Morgan fingerprint density at radius 2 is 2.11 bits per heavy atom. The molecule has 2 aromatic rings. The number of hydrogen-bond acceptors (Lipinski definition) is 3. The van der Waals surface area contributed by atoms with E-state index < -0.39 is 5.97 Å². The lowest BCUT2D eigenvalue weighted by Gasteiger charge is -2.16. The number of hydrogen-bond donors (Lipinski definition) is 2. The quantitative estimate of drug-likeness (QED) is 0.884. The second-order valence-electron chi connectivity index (χ2n) is 4.63. The van der Waals surface area contributed by atoms with Crippen LogP contribution in [-0.2, 0) is 6.42 Å². The van der Waals surface area contributed by atoms with Crippen molar-refractivity contribution in [2.45, 2.75) is 18.9 Å². The van der Waals surface area contributed by atoms with E-state index in [4.69, 9.17) is 0 Å². The van der Waals surface area contributed by atoms with E-state index in [1.54, 1.807) is 24.4 Å². The van der Waals surface area contributed by atoms with Gasteiger partial charge in [0.2, 0.25) is 0 Å². The molecule has 0 saturated carbocycles. The highest BCUT2D eigenvalue weighted by Crippen LogP contribution is 2.32. The van der Waals surface area contributed by atoms with Gasteiger partial charge in [0.1, 0.15) is 0 Å². The highest BCUT2D eigenvalue weighted by Gasteiger charge is 2.24. The molecule has 1 aromatic carbocycles. The van der Waals surface area contributed by atoms with E-state index in [2.05, 4.69) is 16.4 Å². The van der Waals surface area contributed by atoms with Crippen molar-refractivity contribution in [1.29, 1.82) is 0 Å². The van der Waals surface area contributed by atoms with Crippen LogP contribution in [0.2, 0.25) is 0 Å². The summed E-state index contributed by atoms with van der Waals surface area (Å²) in [6.07, 6.45) is 3.71. The van der Waals surface area contributed by atoms with Gasteiger partial charge in [-0.25, -0.2) is 4.79 Å². The van der Waals surface area contributed by atoms with Gasteiger partial charge in [-0.3, -0.25) is 4.98 Å². The molecule has 96 valence electrons. The predicted octanol–water partition coefficient (Wildman–Crippen LogP) is 2.88. The lowest BCUT2D eigenvalue weighted by Crippen LogP contribution is -2.12. The first-order chi connectivity index (χ1) is 9.25. The molecule has 0 spiro atoms. The summed E-state index contributed by atoms with van der Waals surface area (Å²) >= 11 is 0. The van der Waals surface area contributed by atoms with Gasteiger partial charge in [0, 0.05) is 11.9 Å². The Morgan fingerprint density at radius 3 is 2.95 bits per heavy atom. The van der Waals surface area contributed by atoms with Gasteiger partial charge in [-0.2, -0.15) is 0 Å². The van der Waals surface area contributed by atoms with Crippen LogP contribution in [0, 0.1) is 0 Å². The number of aromatic carboxylic acids is 1. The topological polar surface area (TPSA) is 62.2 Å². The van der Waals surface area contributed by atoms with Gasteiger partial charge in [0.15, 0.2) is 0 Å². The van der Waals surface area contributed by atoms with Crippen LogP contribution in [0.5, 0.6) is 0 Å². The fourth-order valence-corrected chi connectivity index (χ4v) is 2.54. The standard InChI is InChI=1S/C15H14N2O2/c18-15(19)11-5-1-2-6-12(11)17-13-8-7-10-4-3-9-16-14(10)13/h1-6,9,13,17H,7-8H2,(H,18,19). The zero-order valence-electron chi connectivity index (χ0n) is 10.3. The minimum absolute atomic E-state index is 0.0942. The molecule has 1 aliphatic carbocycles. The molecule has 0 aliphatic heterocycles. The van der Waals surface area contributed by atoms with E-state index in [1.165, 1.54) is 5.56 Å². The van der Waals surface area contributed by atoms with Gasteiger partial charge in [-0.1, -0.05) is 18.2 Å². The van der Waals surface area contributed by atoms with E-state index >= 15 is 0 Å². The summed E-state index contributed by atoms with van der Waals surface area (Å²) in [6, 6.07) is 11.1. The van der Waals surface area contributed by atoms with E-state index in [-0.39, 0.29) is 6.04 Å². The Hall–Kier alpha value is -2.36. The summed E-state index contributed by atoms with van der Waals surface area (Å²) < 4.78 is 0. The maximum absolute atomic E-state index is 11.2. The van der Waals surface area contributed by atoms with Crippen molar-refractivity contribution < 1.29 is 9.90 Å². The van der Waals surface area contributed by atoms with Crippen molar-refractivity contribution in [2.24, 2.45) is 0 Å². The molecular formula is C15H14N2O2. The molecule has 0 fully saturated rings. The highest BCUT2D eigenvalue weighted by molar-refractivity contribution is 5.94. The number of benzene rings is 1. The number of anilines is 1. The number of fused-ring (bicyclic) bond motifs is 1. The number of carboxylic acids is 1. The number of rotatable bonds is 3. The van der Waals surface area contributed by atoms with E-state index in [1.807, 2.05) is 12.1 Å². The monoisotopic (exact) mass is 254 g/mol. The van der Waals surface area contributed by atoms with Crippen LogP contribution in [0.25, 0.3) is 0 Å². The smallest absolute Gasteiger partial charge is 0.337 e. The third kappa shape index (κ3) is 2.17. The summed E-state index contributed by atoms with van der Waals surface area (Å²) in [5, 5.41) is 12.5. The Labute approximate surface area is 111 Å². The van der Waals surface area contributed by atoms with Crippen LogP contribution in [0.4, 0.5) is 5.69 Å². The maximum Gasteiger partial charge on any atom is 0.337 e. The van der Waals surface area contributed by atoms with Gasteiger partial charge in [0.05, 0.1) is 17.3 Å². The molecule has 19 heavy (non-hydrogen) atoms. The molecule has 4 heteroatoms. The van der Waals surface area contributed by atoms with Gasteiger partial charge in [0.25, 0.3) is 0 Å². The molecule has 1 atom stereocenters. The third-order valence-corrected chi connectivity index (χ3v) is 3.45. The molecule has 1 aromatic heterocycles. The zero-order valence-corrected chi connectivity index (χ0v) is 10.3. The van der Waals surface area contributed by atoms with Crippen molar-refractivity contribution >= 4 is 11.7 Å². The molecule has 1 aliphatic rings. The molecular weight excluding hydrogens is 240 g/mol. The SMILES string of the molecule is O=C(O)c1ccccc1NC1CCc2cccnc21. The van der Waals surface area contributed by atoms with E-state index in [0.717, 1.165) is 18.5 Å². The fourth-order valence-electron chi connectivity index (χ4n) is 2.54. The van der Waals surface area contributed by atoms with Crippen LogP contribution in [0.15, 0.2) is 42.6 Å². The van der Waals surface area contributed by atoms with Crippen molar-refractivity contribution in [3.63, 3.8) is 0 Å². The van der Waals surface area contributed by atoms with Gasteiger partial charge in [-0.05, 0) is 36.6 Å². The number of nitrogens with one attached hydrogen (secondary N) is 1. The molecule has 1 unspecified atom stereocenters. The largest absolute Gasteiger partial charge is 0.478 e.